The number of aromatic nitrogens is 4. The molecule has 10 nitrogen and oxygen atoms in total. The number of nitrogens with zero attached hydrogens (tertiary/aromatic N) is 5. The molecule has 0 radical (unpaired) electrons. The van der Waals surface area contributed by atoms with E-state index in [1.807, 2.05) is 4.90 Å². The summed E-state index contributed by atoms with van der Waals surface area (Å²) in [5, 5.41) is 10.2. The van der Waals surface area contributed by atoms with Crippen molar-refractivity contribution in [3.05, 3.63) is 66.7 Å². The summed E-state index contributed by atoms with van der Waals surface area (Å²) in [5.74, 6) is 1.79. The largest absolute Gasteiger partial charge is 0.455 e. The van der Waals surface area contributed by atoms with E-state index >= 15 is 0 Å². The van der Waals surface area contributed by atoms with Gasteiger partial charge in [0.2, 0.25) is 5.91 Å². The number of imidazole rings is 1. The third-order valence-electron chi connectivity index (χ3n) is 7.43. The molecule has 0 spiro atoms. The van der Waals surface area contributed by atoms with Gasteiger partial charge in [0.25, 0.3) is 10.0 Å². The number of carbonyl (C=O) groups is 1. The van der Waals surface area contributed by atoms with Gasteiger partial charge in [0, 0.05) is 30.6 Å². The molecule has 2 aliphatic rings. The van der Waals surface area contributed by atoms with E-state index in [1.165, 1.54) is 10.2 Å². The van der Waals surface area contributed by atoms with E-state index in [2.05, 4.69) is 9.55 Å². The molecule has 194 valence electrons. The van der Waals surface area contributed by atoms with E-state index < -0.39 is 10.0 Å². The van der Waals surface area contributed by atoms with Crippen LogP contribution in [0.15, 0.2) is 70.2 Å². The number of carbonyl (C=O) groups excluding carboxylic acids is 1. The van der Waals surface area contributed by atoms with Crippen molar-refractivity contribution in [2.24, 2.45) is 5.92 Å². The zero-order valence-electron chi connectivity index (χ0n) is 20.4. The van der Waals surface area contributed by atoms with Crippen molar-refractivity contribution < 1.29 is 22.7 Å². The molecule has 5 heterocycles. The number of hydrogen-bond donors (Lipinski definition) is 1. The summed E-state index contributed by atoms with van der Waals surface area (Å²) >= 11 is 0. The monoisotopic (exact) mass is 531 g/mol. The van der Waals surface area contributed by atoms with Crippen LogP contribution in [-0.2, 0) is 21.4 Å². The third kappa shape index (κ3) is 3.57. The van der Waals surface area contributed by atoms with Gasteiger partial charge in [0.05, 0.1) is 22.7 Å². The van der Waals surface area contributed by atoms with Gasteiger partial charge < -0.3 is 19.0 Å². The molecule has 4 aromatic heterocycles. The van der Waals surface area contributed by atoms with Crippen molar-refractivity contribution >= 4 is 38.0 Å². The molecule has 1 saturated heterocycles. The predicted molar refractivity (Wildman–Crippen MR) is 139 cm³/mol. The minimum atomic E-state index is -3.87. The molecule has 1 saturated carbocycles. The molecule has 1 unspecified atom stereocenters. The zero-order chi connectivity index (χ0) is 26.0. The Labute approximate surface area is 218 Å². The smallest absolute Gasteiger partial charge is 0.269 e. The van der Waals surface area contributed by atoms with Crippen LogP contribution >= 0.6 is 0 Å². The molecule has 1 aliphatic carbocycles. The molecule has 11 heteroatoms. The number of fused-ring (bicyclic) bond motifs is 3. The Balaban J connectivity index is 1.41. The van der Waals surface area contributed by atoms with Crippen LogP contribution in [0.4, 0.5) is 0 Å². The second kappa shape index (κ2) is 8.53. The second-order valence-electron chi connectivity index (χ2n) is 9.89. The van der Waals surface area contributed by atoms with Crippen LogP contribution in [0.3, 0.4) is 0 Å². The number of rotatable bonds is 6. The lowest BCUT2D eigenvalue weighted by Crippen LogP contribution is -2.30. The number of likely N-dealkylation sites (tertiary alicyclic amines) is 1. The topological polar surface area (TPSA) is 123 Å². The second-order valence-corrected chi connectivity index (χ2v) is 11.7. The van der Waals surface area contributed by atoms with E-state index in [-0.39, 0.29) is 29.4 Å². The molecule has 0 bridgehead atoms. The van der Waals surface area contributed by atoms with Crippen molar-refractivity contribution in [2.75, 3.05) is 13.1 Å². The van der Waals surface area contributed by atoms with Gasteiger partial charge in [-0.25, -0.2) is 22.4 Å². The maximum Gasteiger partial charge on any atom is 0.269 e. The lowest BCUT2D eigenvalue weighted by Gasteiger charge is -2.19. The molecule has 1 N–H and O–H groups in total. The van der Waals surface area contributed by atoms with Crippen LogP contribution < -0.4 is 0 Å². The summed E-state index contributed by atoms with van der Waals surface area (Å²) in [7, 11) is -3.87. The summed E-state index contributed by atoms with van der Waals surface area (Å²) in [6.45, 7) is 0.949. The van der Waals surface area contributed by atoms with E-state index in [0.717, 1.165) is 24.8 Å². The molecular formula is C27H25N5O5S. The van der Waals surface area contributed by atoms with Gasteiger partial charge in [-0.05, 0) is 49.6 Å². The highest BCUT2D eigenvalue weighted by Crippen LogP contribution is 2.39. The third-order valence-corrected chi connectivity index (χ3v) is 9.11. The van der Waals surface area contributed by atoms with Crippen LogP contribution in [0.5, 0.6) is 0 Å². The molecule has 1 aromatic carbocycles. The highest BCUT2D eigenvalue weighted by atomic mass is 32.2. The highest BCUT2D eigenvalue weighted by Gasteiger charge is 2.38. The Kier molecular flexibility index (Phi) is 5.21. The van der Waals surface area contributed by atoms with Crippen molar-refractivity contribution in [1.82, 2.24) is 23.4 Å². The number of furan rings is 1. The predicted octanol–water partition coefficient (Wildman–Crippen LogP) is 3.56. The summed E-state index contributed by atoms with van der Waals surface area (Å²) in [4.78, 5) is 24.3. The van der Waals surface area contributed by atoms with E-state index in [9.17, 15) is 18.3 Å². The van der Waals surface area contributed by atoms with Gasteiger partial charge in [0.15, 0.2) is 17.2 Å². The fraction of sp³-hybridized carbons (Fsp3) is 0.296. The molecule has 1 aliphatic heterocycles. The Bertz CT molecular complexity index is 1800. The molecule has 1 atom stereocenters. The van der Waals surface area contributed by atoms with Crippen LogP contribution in [-0.4, -0.2) is 55.9 Å². The van der Waals surface area contributed by atoms with Crippen LogP contribution in [0, 0.1) is 5.92 Å². The first-order valence-corrected chi connectivity index (χ1v) is 14.1. The summed E-state index contributed by atoms with van der Waals surface area (Å²) in [5.41, 5.74) is 1.63. The molecular weight excluding hydrogens is 506 g/mol. The minimum absolute atomic E-state index is 0.0833. The number of benzene rings is 1. The number of aliphatic hydroxyl groups excluding tert-OH is 1. The van der Waals surface area contributed by atoms with Crippen molar-refractivity contribution in [3.8, 4) is 11.6 Å². The van der Waals surface area contributed by atoms with Crippen molar-refractivity contribution in [1.29, 1.82) is 0 Å². The van der Waals surface area contributed by atoms with E-state index in [0.29, 0.717) is 47.0 Å². The number of hydrogen-bond acceptors (Lipinski definition) is 7. The molecule has 38 heavy (non-hydrogen) atoms. The highest BCUT2D eigenvalue weighted by molar-refractivity contribution is 7.90. The van der Waals surface area contributed by atoms with Gasteiger partial charge in [-0.1, -0.05) is 18.2 Å². The first-order chi connectivity index (χ1) is 18.5. The maximum atomic E-state index is 13.5. The Morgan fingerprint density at radius 1 is 1.08 bits per heavy atom. The van der Waals surface area contributed by atoms with Gasteiger partial charge in [-0.15, -0.1) is 0 Å². The minimum Gasteiger partial charge on any atom is -0.455 e. The molecule has 5 aromatic rings. The van der Waals surface area contributed by atoms with Gasteiger partial charge >= 0.3 is 0 Å². The van der Waals surface area contributed by atoms with E-state index in [4.69, 9.17) is 9.40 Å². The van der Waals surface area contributed by atoms with E-state index in [1.54, 1.807) is 54.7 Å². The maximum absolute atomic E-state index is 13.5. The van der Waals surface area contributed by atoms with Gasteiger partial charge in [0.1, 0.15) is 17.9 Å². The quantitative estimate of drug-likeness (QED) is 0.355. The summed E-state index contributed by atoms with van der Waals surface area (Å²) < 4.78 is 36.0. The fourth-order valence-electron chi connectivity index (χ4n) is 5.40. The lowest BCUT2D eigenvalue weighted by atomic mass is 10.2. The number of pyridine rings is 1. The first kappa shape index (κ1) is 23.2. The van der Waals surface area contributed by atoms with Crippen molar-refractivity contribution in [2.45, 2.75) is 36.8 Å². The van der Waals surface area contributed by atoms with Crippen molar-refractivity contribution in [3.63, 3.8) is 0 Å². The number of amides is 1. The summed E-state index contributed by atoms with van der Waals surface area (Å²) in [6.07, 6.45) is 5.73. The van der Waals surface area contributed by atoms with Crippen LogP contribution in [0.2, 0.25) is 0 Å². The summed E-state index contributed by atoms with van der Waals surface area (Å²) in [6, 6.07) is 13.4. The Morgan fingerprint density at radius 2 is 1.89 bits per heavy atom. The lowest BCUT2D eigenvalue weighted by molar-refractivity contribution is -0.131. The standard InChI is InChI=1S/C27H25N5O5S/c33-16-19-8-9-23(37-19)26-29-22-14-28-25-21(11-13-31(25)38(35,36)20-4-2-1-3-5-20)24(22)32(26)18-10-12-30(15-18)27(34)17-6-7-17/h1-5,8-9,11,13-14,17-18,33H,6-7,10,12,15-16H2. The average molecular weight is 532 g/mol. The van der Waals surface area contributed by atoms with Crippen LogP contribution in [0.25, 0.3) is 33.7 Å². The Morgan fingerprint density at radius 3 is 2.63 bits per heavy atom. The van der Waals surface area contributed by atoms with Gasteiger partial charge in [-0.3, -0.25) is 4.79 Å². The number of aliphatic hydroxyl groups is 1. The first-order valence-electron chi connectivity index (χ1n) is 12.6. The SMILES string of the molecule is O=C(C1CC1)N1CCC(n2c(-c3ccc(CO)o3)nc3cnc4c(ccn4S(=O)(=O)c4ccccc4)c32)C1. The van der Waals surface area contributed by atoms with Gasteiger partial charge in [-0.2, -0.15) is 0 Å². The molecule has 2 fully saturated rings. The zero-order valence-corrected chi connectivity index (χ0v) is 21.2. The fourth-order valence-corrected chi connectivity index (χ4v) is 6.72. The molecule has 7 rings (SSSR count). The van der Waals surface area contributed by atoms with Crippen LogP contribution in [0.1, 0.15) is 31.1 Å². The average Bonchev–Trinajstić information content (AvgIpc) is 3.31. The normalized spacial score (nSPS) is 18.1. The Hall–Kier alpha value is -3.96. The molecule has 1 amide bonds.